The van der Waals surface area contributed by atoms with Gasteiger partial charge in [-0.3, -0.25) is 0 Å². The largest absolute Gasteiger partial charge is 0.455 e. The summed E-state index contributed by atoms with van der Waals surface area (Å²) in [5, 5.41) is 0. The SMILES string of the molecule is Nc1cc(Sc2ccc(Oc3ccccc3)c(N)c2)ccc1Oc1ccccc1. The van der Waals surface area contributed by atoms with E-state index >= 15 is 0 Å². The van der Waals surface area contributed by atoms with E-state index in [9.17, 15) is 0 Å². The topological polar surface area (TPSA) is 70.5 Å². The maximum absolute atomic E-state index is 6.18. The maximum atomic E-state index is 6.18. The monoisotopic (exact) mass is 400 g/mol. The number of benzene rings is 4. The summed E-state index contributed by atoms with van der Waals surface area (Å²) < 4.78 is 11.7. The van der Waals surface area contributed by atoms with Gasteiger partial charge in [0.25, 0.3) is 0 Å². The van der Waals surface area contributed by atoms with Crippen molar-refractivity contribution >= 4 is 23.1 Å². The molecule has 4 aromatic rings. The van der Waals surface area contributed by atoms with Crippen LogP contribution >= 0.6 is 11.8 Å². The summed E-state index contributed by atoms with van der Waals surface area (Å²) in [4.78, 5) is 2.00. The smallest absolute Gasteiger partial charge is 0.150 e. The molecule has 4 aromatic carbocycles. The first kappa shape index (κ1) is 18.8. The average molecular weight is 401 g/mol. The summed E-state index contributed by atoms with van der Waals surface area (Å²) in [6.07, 6.45) is 0. The van der Waals surface area contributed by atoms with Crippen LogP contribution in [0.5, 0.6) is 23.0 Å². The molecular formula is C24H20N2O2S. The summed E-state index contributed by atoms with van der Waals surface area (Å²) in [6.45, 7) is 0. The highest BCUT2D eigenvalue weighted by Crippen LogP contribution is 2.37. The maximum Gasteiger partial charge on any atom is 0.150 e. The average Bonchev–Trinajstić information content (AvgIpc) is 2.74. The van der Waals surface area contributed by atoms with Crippen LogP contribution in [0.1, 0.15) is 0 Å². The van der Waals surface area contributed by atoms with Crippen LogP contribution in [-0.2, 0) is 0 Å². The van der Waals surface area contributed by atoms with Gasteiger partial charge in [0.2, 0.25) is 0 Å². The van der Waals surface area contributed by atoms with Crippen LogP contribution in [0.4, 0.5) is 11.4 Å². The number of nitrogens with two attached hydrogens (primary N) is 2. The Morgan fingerprint density at radius 1 is 0.517 bits per heavy atom. The molecule has 0 saturated heterocycles. The molecule has 0 aliphatic rings. The van der Waals surface area contributed by atoms with Gasteiger partial charge in [-0.1, -0.05) is 48.2 Å². The minimum Gasteiger partial charge on any atom is -0.455 e. The molecule has 0 aliphatic carbocycles. The number of anilines is 2. The summed E-state index contributed by atoms with van der Waals surface area (Å²) in [5.74, 6) is 2.76. The third-order valence-electron chi connectivity index (χ3n) is 4.14. The lowest BCUT2D eigenvalue weighted by Crippen LogP contribution is -1.93. The van der Waals surface area contributed by atoms with E-state index in [2.05, 4.69) is 0 Å². The summed E-state index contributed by atoms with van der Waals surface area (Å²) in [7, 11) is 0. The molecule has 0 aromatic heterocycles. The number of hydrogen-bond acceptors (Lipinski definition) is 5. The van der Waals surface area contributed by atoms with Gasteiger partial charge in [0.1, 0.15) is 23.0 Å². The Morgan fingerprint density at radius 2 is 0.931 bits per heavy atom. The highest BCUT2D eigenvalue weighted by Gasteiger charge is 2.08. The molecule has 0 aliphatic heterocycles. The number of para-hydroxylation sites is 2. The van der Waals surface area contributed by atoms with Crippen molar-refractivity contribution in [3.05, 3.63) is 97.1 Å². The standard InChI is InChI=1S/C24H20N2O2S/c25-21-15-19(11-13-23(21)27-17-7-3-1-4-8-17)29-20-12-14-24(22(26)16-20)28-18-9-5-2-6-10-18/h1-16H,25-26H2. The van der Waals surface area contributed by atoms with Crippen LogP contribution < -0.4 is 20.9 Å². The number of rotatable bonds is 6. The number of ether oxygens (including phenoxy) is 2. The Morgan fingerprint density at radius 3 is 1.31 bits per heavy atom. The van der Waals surface area contributed by atoms with Crippen LogP contribution in [-0.4, -0.2) is 0 Å². The predicted octanol–water partition coefficient (Wildman–Crippen LogP) is 6.59. The van der Waals surface area contributed by atoms with Crippen molar-refractivity contribution in [2.75, 3.05) is 11.5 Å². The van der Waals surface area contributed by atoms with Crippen LogP contribution in [0.25, 0.3) is 0 Å². The first-order chi connectivity index (χ1) is 14.2. The third-order valence-corrected chi connectivity index (χ3v) is 5.12. The van der Waals surface area contributed by atoms with E-state index < -0.39 is 0 Å². The third kappa shape index (κ3) is 4.83. The van der Waals surface area contributed by atoms with Crippen molar-refractivity contribution < 1.29 is 9.47 Å². The van der Waals surface area contributed by atoms with Gasteiger partial charge in [0, 0.05) is 9.79 Å². The zero-order chi connectivity index (χ0) is 20.1. The van der Waals surface area contributed by atoms with Crippen molar-refractivity contribution in [1.82, 2.24) is 0 Å². The lowest BCUT2D eigenvalue weighted by atomic mass is 10.3. The van der Waals surface area contributed by atoms with Gasteiger partial charge >= 0.3 is 0 Å². The first-order valence-corrected chi connectivity index (χ1v) is 9.92. The zero-order valence-electron chi connectivity index (χ0n) is 15.6. The van der Waals surface area contributed by atoms with Crippen molar-refractivity contribution in [2.24, 2.45) is 0 Å². The van der Waals surface area contributed by atoms with Gasteiger partial charge in [0.15, 0.2) is 0 Å². The molecule has 0 spiro atoms. The molecular weight excluding hydrogens is 380 g/mol. The first-order valence-electron chi connectivity index (χ1n) is 9.10. The highest BCUT2D eigenvalue weighted by atomic mass is 32.2. The van der Waals surface area contributed by atoms with E-state index in [1.807, 2.05) is 97.1 Å². The lowest BCUT2D eigenvalue weighted by Gasteiger charge is -2.11. The second-order valence-electron chi connectivity index (χ2n) is 6.33. The molecule has 0 amide bonds. The Labute approximate surface area is 174 Å². The van der Waals surface area contributed by atoms with Crippen LogP contribution in [0.15, 0.2) is 107 Å². The van der Waals surface area contributed by atoms with E-state index in [-0.39, 0.29) is 0 Å². The Hall–Kier alpha value is -3.57. The molecule has 0 radical (unpaired) electrons. The van der Waals surface area contributed by atoms with Gasteiger partial charge in [-0.15, -0.1) is 0 Å². The second kappa shape index (κ2) is 8.63. The molecule has 0 saturated carbocycles. The van der Waals surface area contributed by atoms with Crippen LogP contribution in [0.3, 0.4) is 0 Å². The van der Waals surface area contributed by atoms with Gasteiger partial charge in [0.05, 0.1) is 11.4 Å². The fraction of sp³-hybridized carbons (Fsp3) is 0. The minimum atomic E-state index is 0.579. The molecule has 4 nitrogen and oxygen atoms in total. The molecule has 0 fully saturated rings. The number of nitrogen functional groups attached to an aromatic ring is 2. The molecule has 144 valence electrons. The molecule has 4 N–H and O–H groups in total. The molecule has 0 heterocycles. The molecule has 29 heavy (non-hydrogen) atoms. The van der Waals surface area contributed by atoms with Gasteiger partial charge < -0.3 is 20.9 Å². The van der Waals surface area contributed by atoms with E-state index in [0.717, 1.165) is 21.3 Å². The van der Waals surface area contributed by atoms with Gasteiger partial charge in [-0.25, -0.2) is 0 Å². The number of hydrogen-bond donors (Lipinski definition) is 2. The van der Waals surface area contributed by atoms with Crippen molar-refractivity contribution in [3.8, 4) is 23.0 Å². The van der Waals surface area contributed by atoms with Crippen molar-refractivity contribution in [2.45, 2.75) is 9.79 Å². The normalized spacial score (nSPS) is 10.5. The minimum absolute atomic E-state index is 0.579. The van der Waals surface area contributed by atoms with Crippen molar-refractivity contribution in [1.29, 1.82) is 0 Å². The fourth-order valence-electron chi connectivity index (χ4n) is 2.73. The fourth-order valence-corrected chi connectivity index (χ4v) is 3.65. The van der Waals surface area contributed by atoms with Crippen molar-refractivity contribution in [3.63, 3.8) is 0 Å². The van der Waals surface area contributed by atoms with Gasteiger partial charge in [-0.05, 0) is 60.7 Å². The van der Waals surface area contributed by atoms with Crippen LogP contribution in [0.2, 0.25) is 0 Å². The van der Waals surface area contributed by atoms with E-state index in [4.69, 9.17) is 20.9 Å². The zero-order valence-corrected chi connectivity index (χ0v) is 16.4. The van der Waals surface area contributed by atoms with E-state index in [0.29, 0.717) is 22.9 Å². The molecule has 4 rings (SSSR count). The Kier molecular flexibility index (Phi) is 5.59. The summed E-state index contributed by atoms with van der Waals surface area (Å²) in [5.41, 5.74) is 13.5. The second-order valence-corrected chi connectivity index (χ2v) is 7.48. The Balaban J connectivity index is 1.46. The molecule has 0 unspecified atom stereocenters. The van der Waals surface area contributed by atoms with E-state index in [1.54, 1.807) is 11.8 Å². The quantitative estimate of drug-likeness (QED) is 0.357. The van der Waals surface area contributed by atoms with Gasteiger partial charge in [-0.2, -0.15) is 0 Å². The Bertz CT molecular complexity index is 1010. The summed E-state index contributed by atoms with van der Waals surface area (Å²) >= 11 is 1.57. The molecule has 5 heteroatoms. The van der Waals surface area contributed by atoms with E-state index in [1.165, 1.54) is 0 Å². The van der Waals surface area contributed by atoms with Crippen LogP contribution in [0, 0.1) is 0 Å². The summed E-state index contributed by atoms with van der Waals surface area (Å²) in [6, 6.07) is 30.6. The molecule has 0 atom stereocenters. The predicted molar refractivity (Wildman–Crippen MR) is 119 cm³/mol. The highest BCUT2D eigenvalue weighted by molar-refractivity contribution is 7.99. The molecule has 0 bridgehead atoms. The lowest BCUT2D eigenvalue weighted by molar-refractivity contribution is 0.484.